The molecule has 1 saturated heterocycles. The van der Waals surface area contributed by atoms with Gasteiger partial charge >= 0.3 is 0 Å². The van der Waals surface area contributed by atoms with Crippen LogP contribution in [0, 0.1) is 5.41 Å². The van der Waals surface area contributed by atoms with Gasteiger partial charge in [0.05, 0.1) is 13.2 Å². The summed E-state index contributed by atoms with van der Waals surface area (Å²) >= 11 is 0. The third-order valence-corrected chi connectivity index (χ3v) is 3.28. The Morgan fingerprint density at radius 2 is 2.06 bits per heavy atom. The van der Waals surface area contributed by atoms with Crippen molar-refractivity contribution in [2.24, 2.45) is 5.41 Å². The standard InChI is InChI=1S/C14H18O2/c1-4-11-7-5-6-8-12(11)13-9-15-16-10-14(13,2)3/h4-8,13H,1,9-10H2,2-3H3. The molecular formula is C14H18O2. The summed E-state index contributed by atoms with van der Waals surface area (Å²) in [4.78, 5) is 10.2. The van der Waals surface area contributed by atoms with Crippen LogP contribution in [-0.2, 0) is 9.78 Å². The molecule has 1 aromatic rings. The van der Waals surface area contributed by atoms with Gasteiger partial charge in [-0.05, 0) is 11.1 Å². The Morgan fingerprint density at radius 3 is 2.75 bits per heavy atom. The van der Waals surface area contributed by atoms with Crippen molar-refractivity contribution in [2.45, 2.75) is 19.8 Å². The average Bonchev–Trinajstić information content (AvgIpc) is 2.28. The van der Waals surface area contributed by atoms with Gasteiger partial charge in [0.25, 0.3) is 0 Å². The molecule has 2 heteroatoms. The molecule has 2 rings (SSSR count). The van der Waals surface area contributed by atoms with Crippen LogP contribution in [0.4, 0.5) is 0 Å². The average molecular weight is 218 g/mol. The normalized spacial score (nSPS) is 24.0. The second-order valence-corrected chi connectivity index (χ2v) is 4.92. The van der Waals surface area contributed by atoms with Crippen molar-refractivity contribution in [1.29, 1.82) is 0 Å². The molecule has 1 fully saturated rings. The van der Waals surface area contributed by atoms with E-state index in [9.17, 15) is 0 Å². The third-order valence-electron chi connectivity index (χ3n) is 3.28. The van der Waals surface area contributed by atoms with Gasteiger partial charge in [-0.25, -0.2) is 9.78 Å². The van der Waals surface area contributed by atoms with Crippen LogP contribution >= 0.6 is 0 Å². The van der Waals surface area contributed by atoms with Crippen molar-refractivity contribution in [3.05, 3.63) is 42.0 Å². The van der Waals surface area contributed by atoms with Crippen molar-refractivity contribution >= 4 is 6.08 Å². The molecule has 0 aromatic heterocycles. The molecular weight excluding hydrogens is 200 g/mol. The second-order valence-electron chi connectivity index (χ2n) is 4.92. The molecule has 0 radical (unpaired) electrons. The van der Waals surface area contributed by atoms with Crippen LogP contribution in [0.1, 0.15) is 30.9 Å². The van der Waals surface area contributed by atoms with E-state index in [-0.39, 0.29) is 5.41 Å². The van der Waals surface area contributed by atoms with E-state index in [0.717, 1.165) is 0 Å². The lowest BCUT2D eigenvalue weighted by Gasteiger charge is -2.38. The predicted molar refractivity (Wildman–Crippen MR) is 65.0 cm³/mol. The van der Waals surface area contributed by atoms with E-state index in [1.165, 1.54) is 11.1 Å². The highest BCUT2D eigenvalue weighted by molar-refractivity contribution is 5.53. The van der Waals surface area contributed by atoms with E-state index in [1.54, 1.807) is 0 Å². The van der Waals surface area contributed by atoms with E-state index >= 15 is 0 Å². The first-order chi connectivity index (χ1) is 7.65. The Labute approximate surface area is 96.8 Å². The van der Waals surface area contributed by atoms with Gasteiger partial charge in [0, 0.05) is 11.3 Å². The van der Waals surface area contributed by atoms with Gasteiger partial charge in [0.1, 0.15) is 0 Å². The maximum Gasteiger partial charge on any atom is 0.0897 e. The van der Waals surface area contributed by atoms with Crippen molar-refractivity contribution in [1.82, 2.24) is 0 Å². The topological polar surface area (TPSA) is 18.5 Å². The molecule has 2 nitrogen and oxygen atoms in total. The van der Waals surface area contributed by atoms with Crippen LogP contribution in [0.5, 0.6) is 0 Å². The molecule has 0 N–H and O–H groups in total. The lowest BCUT2D eigenvalue weighted by Crippen LogP contribution is -2.36. The Bertz CT molecular complexity index is 382. The highest BCUT2D eigenvalue weighted by Gasteiger charge is 2.36. The third kappa shape index (κ3) is 2.04. The Morgan fingerprint density at radius 1 is 1.31 bits per heavy atom. The first kappa shape index (κ1) is 11.4. The fourth-order valence-corrected chi connectivity index (χ4v) is 2.16. The minimum absolute atomic E-state index is 0.0946. The summed E-state index contributed by atoms with van der Waals surface area (Å²) in [6.07, 6.45) is 1.90. The molecule has 0 aliphatic carbocycles. The van der Waals surface area contributed by atoms with Gasteiger partial charge < -0.3 is 0 Å². The number of benzene rings is 1. The Hall–Kier alpha value is -1.12. The van der Waals surface area contributed by atoms with E-state index in [0.29, 0.717) is 19.1 Å². The molecule has 1 atom stereocenters. The van der Waals surface area contributed by atoms with Gasteiger partial charge in [0.2, 0.25) is 0 Å². The number of hydrogen-bond acceptors (Lipinski definition) is 2. The molecule has 0 bridgehead atoms. The van der Waals surface area contributed by atoms with Crippen molar-refractivity contribution in [2.75, 3.05) is 13.2 Å². The van der Waals surface area contributed by atoms with E-state index < -0.39 is 0 Å². The van der Waals surface area contributed by atoms with E-state index in [2.05, 4.69) is 38.6 Å². The zero-order valence-corrected chi connectivity index (χ0v) is 9.90. The van der Waals surface area contributed by atoms with Crippen LogP contribution in [0.15, 0.2) is 30.8 Å². The smallest absolute Gasteiger partial charge is 0.0897 e. The first-order valence-corrected chi connectivity index (χ1v) is 5.61. The molecule has 16 heavy (non-hydrogen) atoms. The fraction of sp³-hybridized carbons (Fsp3) is 0.429. The Balaban J connectivity index is 2.38. The van der Waals surface area contributed by atoms with Gasteiger partial charge in [0.15, 0.2) is 0 Å². The highest BCUT2D eigenvalue weighted by Crippen LogP contribution is 2.40. The minimum atomic E-state index is 0.0946. The summed E-state index contributed by atoms with van der Waals surface area (Å²) in [7, 11) is 0. The largest absolute Gasteiger partial charge is 0.236 e. The van der Waals surface area contributed by atoms with Crippen LogP contribution < -0.4 is 0 Å². The van der Waals surface area contributed by atoms with E-state index in [1.807, 2.05) is 12.1 Å². The van der Waals surface area contributed by atoms with Gasteiger partial charge in [-0.2, -0.15) is 0 Å². The molecule has 1 aliphatic heterocycles. The Kier molecular flexibility index (Phi) is 3.13. The molecule has 1 heterocycles. The predicted octanol–water partition coefficient (Wildman–Crippen LogP) is 3.40. The molecule has 0 saturated carbocycles. The summed E-state index contributed by atoms with van der Waals surface area (Å²) in [5.41, 5.74) is 2.58. The SMILES string of the molecule is C=Cc1ccccc1C1COOCC1(C)C. The van der Waals surface area contributed by atoms with Crippen LogP contribution in [0.25, 0.3) is 6.08 Å². The minimum Gasteiger partial charge on any atom is -0.236 e. The summed E-state index contributed by atoms with van der Waals surface area (Å²) < 4.78 is 0. The van der Waals surface area contributed by atoms with Gasteiger partial charge in [-0.3, -0.25) is 0 Å². The highest BCUT2D eigenvalue weighted by atomic mass is 17.2. The lowest BCUT2D eigenvalue weighted by molar-refractivity contribution is -0.341. The fourth-order valence-electron chi connectivity index (χ4n) is 2.16. The molecule has 1 aromatic carbocycles. The molecule has 86 valence electrons. The molecule has 1 unspecified atom stereocenters. The molecule has 0 spiro atoms. The zero-order chi connectivity index (χ0) is 11.6. The number of rotatable bonds is 2. The summed E-state index contributed by atoms with van der Waals surface area (Å²) in [6, 6.07) is 8.34. The maximum atomic E-state index is 5.14. The maximum absolute atomic E-state index is 5.14. The summed E-state index contributed by atoms with van der Waals surface area (Å²) in [5, 5.41) is 0. The quantitative estimate of drug-likeness (QED) is 0.708. The molecule has 1 aliphatic rings. The summed E-state index contributed by atoms with van der Waals surface area (Å²) in [5.74, 6) is 0.357. The zero-order valence-electron chi connectivity index (χ0n) is 9.90. The van der Waals surface area contributed by atoms with Crippen LogP contribution in [0.3, 0.4) is 0 Å². The first-order valence-electron chi connectivity index (χ1n) is 5.61. The van der Waals surface area contributed by atoms with Crippen LogP contribution in [-0.4, -0.2) is 13.2 Å². The lowest BCUT2D eigenvalue weighted by atomic mass is 9.74. The second kappa shape index (κ2) is 4.40. The van der Waals surface area contributed by atoms with Gasteiger partial charge in [-0.15, -0.1) is 0 Å². The van der Waals surface area contributed by atoms with E-state index in [4.69, 9.17) is 9.78 Å². The molecule has 0 amide bonds. The van der Waals surface area contributed by atoms with Crippen molar-refractivity contribution < 1.29 is 9.78 Å². The summed E-state index contributed by atoms with van der Waals surface area (Å²) in [6.45, 7) is 9.52. The number of hydrogen-bond donors (Lipinski definition) is 0. The van der Waals surface area contributed by atoms with Crippen molar-refractivity contribution in [3.8, 4) is 0 Å². The van der Waals surface area contributed by atoms with Gasteiger partial charge in [-0.1, -0.05) is 50.8 Å². The van der Waals surface area contributed by atoms with Crippen LogP contribution in [0.2, 0.25) is 0 Å². The monoisotopic (exact) mass is 218 g/mol. The van der Waals surface area contributed by atoms with Crippen molar-refractivity contribution in [3.63, 3.8) is 0 Å².